The summed E-state index contributed by atoms with van der Waals surface area (Å²) >= 11 is 0. The molecule has 64 valence electrons. The van der Waals surface area contributed by atoms with Gasteiger partial charge in [-0.15, -0.1) is 0 Å². The van der Waals surface area contributed by atoms with Gasteiger partial charge in [0.25, 0.3) is 0 Å². The highest BCUT2D eigenvalue weighted by atomic mass is 16.4. The number of hydrogen-bond donors (Lipinski definition) is 3. The van der Waals surface area contributed by atoms with Crippen LogP contribution in [0, 0.1) is 0 Å². The summed E-state index contributed by atoms with van der Waals surface area (Å²) in [4.78, 5) is 20.1. The summed E-state index contributed by atoms with van der Waals surface area (Å²) in [6, 6.07) is 0. The van der Waals surface area contributed by atoms with Gasteiger partial charge in [0.05, 0.1) is 6.10 Å². The Morgan fingerprint density at radius 1 is 1.36 bits per heavy atom. The Hall–Kier alpha value is -0.780. The number of aliphatic hydroxyl groups excluding tert-OH is 3. The number of carbonyl (C=O) groups is 2. The first-order valence-electron chi connectivity index (χ1n) is 3.04. The summed E-state index contributed by atoms with van der Waals surface area (Å²) < 4.78 is 0. The van der Waals surface area contributed by atoms with Gasteiger partial charge in [-0.25, -0.2) is 0 Å². The summed E-state index contributed by atoms with van der Waals surface area (Å²) in [6.07, 6.45) is -4.77. The van der Waals surface area contributed by atoms with Crippen molar-refractivity contribution in [1.29, 1.82) is 0 Å². The lowest BCUT2D eigenvalue weighted by Gasteiger charge is -2.16. The fourth-order valence-electron chi connectivity index (χ4n) is 0.502. The van der Waals surface area contributed by atoms with Gasteiger partial charge >= 0.3 is 0 Å². The van der Waals surface area contributed by atoms with Crippen molar-refractivity contribution in [3.05, 3.63) is 0 Å². The lowest BCUT2D eigenvalue weighted by Crippen LogP contribution is -2.41. The smallest absolute Gasteiger partial charge is 0.226 e. The van der Waals surface area contributed by atoms with Gasteiger partial charge < -0.3 is 15.3 Å². The monoisotopic (exact) mass is 162 g/mol. The van der Waals surface area contributed by atoms with Crippen LogP contribution >= 0.6 is 0 Å². The quantitative estimate of drug-likeness (QED) is 0.324. The third kappa shape index (κ3) is 2.75. The molecule has 0 bridgehead atoms. The first-order chi connectivity index (χ1) is 5.00. The van der Waals surface area contributed by atoms with Crippen LogP contribution in [0.15, 0.2) is 0 Å². The summed E-state index contributed by atoms with van der Waals surface area (Å²) in [5.41, 5.74) is 0. The summed E-state index contributed by atoms with van der Waals surface area (Å²) in [6.45, 7) is 1.20. The molecule has 11 heavy (non-hydrogen) atoms. The molecule has 0 heterocycles. The molecule has 0 aliphatic carbocycles. The number of hydrogen-bond acceptors (Lipinski definition) is 5. The predicted molar refractivity (Wildman–Crippen MR) is 34.8 cm³/mol. The number of ketones is 1. The number of aliphatic hydroxyl groups is 3. The van der Waals surface area contributed by atoms with Crippen LogP contribution in [0.3, 0.4) is 0 Å². The van der Waals surface area contributed by atoms with Gasteiger partial charge in [0.2, 0.25) is 5.78 Å². The van der Waals surface area contributed by atoms with E-state index in [1.54, 1.807) is 0 Å². The minimum atomic E-state index is -1.83. The van der Waals surface area contributed by atoms with Crippen LogP contribution in [0.4, 0.5) is 0 Å². The third-order valence-electron chi connectivity index (χ3n) is 1.23. The molecular weight excluding hydrogens is 152 g/mol. The molecule has 0 aromatic carbocycles. The molecule has 5 heteroatoms. The average molecular weight is 162 g/mol. The molecule has 0 amide bonds. The first kappa shape index (κ1) is 10.2. The largest absolute Gasteiger partial charge is 0.391 e. The third-order valence-corrected chi connectivity index (χ3v) is 1.23. The van der Waals surface area contributed by atoms with E-state index in [9.17, 15) is 9.59 Å². The maximum Gasteiger partial charge on any atom is 0.226 e. The normalized spacial score (nSPS) is 18.5. The van der Waals surface area contributed by atoms with Gasteiger partial charge in [-0.3, -0.25) is 9.59 Å². The zero-order chi connectivity index (χ0) is 9.02. The minimum absolute atomic E-state index is 0.101. The Balaban J connectivity index is 4.11. The highest BCUT2D eigenvalue weighted by Gasteiger charge is 2.26. The van der Waals surface area contributed by atoms with Crippen LogP contribution in [0.1, 0.15) is 6.92 Å². The van der Waals surface area contributed by atoms with E-state index in [2.05, 4.69) is 0 Å². The first-order valence-corrected chi connectivity index (χ1v) is 3.04. The second kappa shape index (κ2) is 4.17. The van der Waals surface area contributed by atoms with Crippen molar-refractivity contribution in [2.24, 2.45) is 0 Å². The van der Waals surface area contributed by atoms with Crippen LogP contribution in [-0.2, 0) is 9.59 Å². The second-order valence-corrected chi connectivity index (χ2v) is 2.20. The van der Waals surface area contributed by atoms with Crippen LogP contribution in [0.2, 0.25) is 0 Å². The summed E-state index contributed by atoms with van der Waals surface area (Å²) in [7, 11) is 0. The van der Waals surface area contributed by atoms with E-state index in [-0.39, 0.29) is 6.29 Å². The van der Waals surface area contributed by atoms with E-state index in [0.29, 0.717) is 0 Å². The molecule has 0 radical (unpaired) electrons. The maximum absolute atomic E-state index is 10.4. The highest BCUT2D eigenvalue weighted by Crippen LogP contribution is 1.99. The van der Waals surface area contributed by atoms with E-state index >= 15 is 0 Å². The SMILES string of the molecule is C[C@@H](O)[C@H](O)[C@H](O)C(=O)C=O. The Bertz CT molecular complexity index is 153. The number of Topliss-reactive ketones (excluding diaryl/α,β-unsaturated/α-hetero) is 1. The van der Waals surface area contributed by atoms with Crippen LogP contribution in [0.25, 0.3) is 0 Å². The second-order valence-electron chi connectivity index (χ2n) is 2.20. The van der Waals surface area contributed by atoms with Crippen molar-refractivity contribution < 1.29 is 24.9 Å². The Labute approximate surface area is 63.3 Å². The number of rotatable bonds is 4. The van der Waals surface area contributed by atoms with E-state index in [1.165, 1.54) is 6.92 Å². The van der Waals surface area contributed by atoms with Crippen molar-refractivity contribution in [2.75, 3.05) is 0 Å². The number of aldehydes is 1. The van der Waals surface area contributed by atoms with Crippen LogP contribution < -0.4 is 0 Å². The van der Waals surface area contributed by atoms with E-state index in [0.717, 1.165) is 0 Å². The molecule has 3 N–H and O–H groups in total. The van der Waals surface area contributed by atoms with Gasteiger partial charge in [-0.2, -0.15) is 0 Å². The van der Waals surface area contributed by atoms with E-state index in [4.69, 9.17) is 15.3 Å². The Morgan fingerprint density at radius 2 is 1.82 bits per heavy atom. The van der Waals surface area contributed by atoms with Crippen molar-refractivity contribution in [1.82, 2.24) is 0 Å². The zero-order valence-corrected chi connectivity index (χ0v) is 5.97. The molecule has 3 atom stereocenters. The van der Waals surface area contributed by atoms with Crippen LogP contribution in [-0.4, -0.2) is 45.7 Å². The molecule has 0 fully saturated rings. The minimum Gasteiger partial charge on any atom is -0.391 e. The molecule has 0 aromatic heterocycles. The topological polar surface area (TPSA) is 94.8 Å². The molecular formula is C6H10O5. The fraction of sp³-hybridized carbons (Fsp3) is 0.667. The number of carbonyl (C=O) groups excluding carboxylic acids is 2. The Kier molecular flexibility index (Phi) is 3.88. The zero-order valence-electron chi connectivity index (χ0n) is 5.97. The molecule has 0 aromatic rings. The molecule has 0 spiro atoms. The van der Waals surface area contributed by atoms with E-state index in [1.807, 2.05) is 0 Å². The van der Waals surface area contributed by atoms with Crippen molar-refractivity contribution in [3.8, 4) is 0 Å². The average Bonchev–Trinajstić information content (AvgIpc) is 2.00. The molecule has 0 unspecified atom stereocenters. The molecule has 0 rings (SSSR count). The van der Waals surface area contributed by atoms with Crippen molar-refractivity contribution in [2.45, 2.75) is 25.2 Å². The Morgan fingerprint density at radius 3 is 2.09 bits per heavy atom. The lowest BCUT2D eigenvalue weighted by atomic mass is 10.1. The standard InChI is InChI=1S/C6H10O5/c1-3(8)5(10)6(11)4(9)2-7/h2-3,5-6,8,10-11H,1H3/t3-,5+,6-/m1/s1. The maximum atomic E-state index is 10.4. The molecule has 0 aliphatic heterocycles. The fourth-order valence-corrected chi connectivity index (χ4v) is 0.502. The van der Waals surface area contributed by atoms with Gasteiger partial charge in [-0.1, -0.05) is 0 Å². The predicted octanol–water partition coefficient (Wildman–Crippen LogP) is -2.14. The van der Waals surface area contributed by atoms with E-state index < -0.39 is 24.1 Å². The van der Waals surface area contributed by atoms with Gasteiger partial charge in [0.1, 0.15) is 12.2 Å². The summed E-state index contributed by atoms with van der Waals surface area (Å²) in [5, 5.41) is 26.2. The van der Waals surface area contributed by atoms with Crippen LogP contribution in [0.5, 0.6) is 0 Å². The summed E-state index contributed by atoms with van der Waals surface area (Å²) in [5.74, 6) is -1.14. The lowest BCUT2D eigenvalue weighted by molar-refractivity contribution is -0.143. The molecule has 0 saturated heterocycles. The van der Waals surface area contributed by atoms with Gasteiger partial charge in [0.15, 0.2) is 6.29 Å². The van der Waals surface area contributed by atoms with Gasteiger partial charge in [0, 0.05) is 0 Å². The van der Waals surface area contributed by atoms with Gasteiger partial charge in [-0.05, 0) is 6.92 Å². The van der Waals surface area contributed by atoms with Crippen molar-refractivity contribution in [3.63, 3.8) is 0 Å². The van der Waals surface area contributed by atoms with Crippen molar-refractivity contribution >= 4 is 12.1 Å². The molecule has 5 nitrogen and oxygen atoms in total. The molecule has 0 saturated carbocycles. The molecule has 0 aliphatic rings. The highest BCUT2D eigenvalue weighted by molar-refractivity contribution is 6.27.